The normalized spacial score (nSPS) is 13.1. The second-order valence-electron chi connectivity index (χ2n) is 4.17. The van der Waals surface area contributed by atoms with Crippen molar-refractivity contribution < 1.29 is 5.11 Å². The van der Waals surface area contributed by atoms with E-state index in [2.05, 4.69) is 23.2 Å². The minimum absolute atomic E-state index is 0.171. The summed E-state index contributed by atoms with van der Waals surface area (Å²) < 4.78 is 1.27. The minimum Gasteiger partial charge on any atom is -0.393 e. The molecule has 0 aliphatic heterocycles. The first-order chi connectivity index (χ1) is 7.75. The summed E-state index contributed by atoms with van der Waals surface area (Å²) in [4.78, 5) is 4.59. The Morgan fingerprint density at radius 2 is 2.12 bits per heavy atom. The van der Waals surface area contributed by atoms with Crippen molar-refractivity contribution in [3.63, 3.8) is 0 Å². The van der Waals surface area contributed by atoms with Gasteiger partial charge in [0.15, 0.2) is 0 Å². The fourth-order valence-corrected chi connectivity index (χ4v) is 2.75. The van der Waals surface area contributed by atoms with Gasteiger partial charge in [0.2, 0.25) is 0 Å². The number of aryl methyl sites for hydroxylation is 1. The van der Waals surface area contributed by atoms with Crippen molar-refractivity contribution in [2.75, 3.05) is 0 Å². The molecule has 0 saturated carbocycles. The number of unbranched alkanes of at least 4 members (excludes halogenated alkanes) is 1. The molecular formula is C13H17NOS. The van der Waals surface area contributed by atoms with E-state index in [9.17, 15) is 0 Å². The van der Waals surface area contributed by atoms with Crippen LogP contribution in [0.1, 0.15) is 31.2 Å². The molecule has 0 amide bonds. The number of benzene rings is 1. The van der Waals surface area contributed by atoms with E-state index in [1.807, 2.05) is 13.0 Å². The van der Waals surface area contributed by atoms with Crippen molar-refractivity contribution in [2.45, 2.75) is 38.7 Å². The van der Waals surface area contributed by atoms with Crippen LogP contribution in [0, 0.1) is 0 Å². The quantitative estimate of drug-likeness (QED) is 0.806. The molecule has 0 radical (unpaired) electrons. The summed E-state index contributed by atoms with van der Waals surface area (Å²) >= 11 is 1.78. The lowest BCUT2D eigenvalue weighted by atomic mass is 10.1. The molecule has 1 atom stereocenters. The second-order valence-corrected chi connectivity index (χ2v) is 5.29. The maximum absolute atomic E-state index is 9.15. The summed E-state index contributed by atoms with van der Waals surface area (Å²) in [7, 11) is 0. The molecule has 1 heterocycles. The molecule has 2 nitrogen and oxygen atoms in total. The highest BCUT2D eigenvalue weighted by atomic mass is 32.1. The monoisotopic (exact) mass is 235 g/mol. The summed E-state index contributed by atoms with van der Waals surface area (Å²) in [6, 6.07) is 8.26. The summed E-state index contributed by atoms with van der Waals surface area (Å²) in [5.74, 6) is 0. The van der Waals surface area contributed by atoms with Gasteiger partial charge >= 0.3 is 0 Å². The van der Waals surface area contributed by atoms with Crippen molar-refractivity contribution in [1.29, 1.82) is 0 Å². The van der Waals surface area contributed by atoms with E-state index in [1.54, 1.807) is 11.3 Å². The smallest absolute Gasteiger partial charge is 0.0938 e. The Balaban J connectivity index is 1.89. The van der Waals surface area contributed by atoms with Crippen molar-refractivity contribution in [1.82, 2.24) is 4.98 Å². The van der Waals surface area contributed by atoms with Crippen LogP contribution in [0.2, 0.25) is 0 Å². The van der Waals surface area contributed by atoms with Crippen molar-refractivity contribution in [2.24, 2.45) is 0 Å². The van der Waals surface area contributed by atoms with Crippen molar-refractivity contribution >= 4 is 21.6 Å². The van der Waals surface area contributed by atoms with Gasteiger partial charge in [-0.25, -0.2) is 4.98 Å². The molecule has 1 aromatic heterocycles. The number of thiazole rings is 1. The maximum atomic E-state index is 9.15. The number of nitrogens with zero attached hydrogens (tertiary/aromatic N) is 1. The topological polar surface area (TPSA) is 33.1 Å². The van der Waals surface area contributed by atoms with Crippen LogP contribution >= 0.6 is 11.3 Å². The Bertz CT molecular complexity index is 417. The molecule has 1 N–H and O–H groups in total. The third-order valence-corrected chi connectivity index (χ3v) is 3.70. The van der Waals surface area contributed by atoms with Crippen LogP contribution in [-0.4, -0.2) is 16.2 Å². The number of hydrogen-bond donors (Lipinski definition) is 1. The van der Waals surface area contributed by atoms with Gasteiger partial charge in [-0.1, -0.05) is 18.6 Å². The summed E-state index contributed by atoms with van der Waals surface area (Å²) in [6.45, 7) is 1.84. The molecule has 16 heavy (non-hydrogen) atoms. The van der Waals surface area contributed by atoms with Gasteiger partial charge in [-0.15, -0.1) is 11.3 Å². The van der Waals surface area contributed by atoms with Crippen LogP contribution in [0.25, 0.3) is 10.2 Å². The van der Waals surface area contributed by atoms with Gasteiger partial charge in [0.05, 0.1) is 21.3 Å². The van der Waals surface area contributed by atoms with Crippen LogP contribution in [0.15, 0.2) is 24.3 Å². The van der Waals surface area contributed by atoms with E-state index in [0.29, 0.717) is 0 Å². The van der Waals surface area contributed by atoms with Gasteiger partial charge in [-0.2, -0.15) is 0 Å². The first-order valence-corrected chi connectivity index (χ1v) is 6.60. The van der Waals surface area contributed by atoms with Crippen LogP contribution < -0.4 is 0 Å². The van der Waals surface area contributed by atoms with E-state index in [4.69, 9.17) is 5.11 Å². The molecule has 2 aromatic rings. The van der Waals surface area contributed by atoms with Gasteiger partial charge in [-0.3, -0.25) is 0 Å². The Labute approximate surface area is 100.0 Å². The van der Waals surface area contributed by atoms with Crippen LogP contribution in [0.4, 0.5) is 0 Å². The number of fused-ring (bicyclic) bond motifs is 1. The lowest BCUT2D eigenvalue weighted by Gasteiger charge is -2.01. The van der Waals surface area contributed by atoms with Crippen molar-refractivity contribution in [3.05, 3.63) is 29.3 Å². The number of aliphatic hydroxyl groups excluding tert-OH is 1. The standard InChI is InChI=1S/C13H17NOS/c1-10(15)6-2-5-9-13-14-11-7-3-4-8-12(11)16-13/h3-4,7-8,10,15H,2,5-6,9H2,1H3. The summed E-state index contributed by atoms with van der Waals surface area (Å²) in [5, 5.41) is 10.4. The lowest BCUT2D eigenvalue weighted by molar-refractivity contribution is 0.180. The molecule has 1 aromatic carbocycles. The van der Waals surface area contributed by atoms with Gasteiger partial charge in [0.1, 0.15) is 0 Å². The second kappa shape index (κ2) is 5.41. The zero-order valence-corrected chi connectivity index (χ0v) is 10.3. The van der Waals surface area contributed by atoms with Crippen molar-refractivity contribution in [3.8, 4) is 0 Å². The minimum atomic E-state index is -0.171. The van der Waals surface area contributed by atoms with Crippen LogP contribution in [-0.2, 0) is 6.42 Å². The Morgan fingerprint density at radius 1 is 1.31 bits per heavy atom. The molecule has 0 saturated heterocycles. The van der Waals surface area contributed by atoms with Gasteiger partial charge in [0.25, 0.3) is 0 Å². The van der Waals surface area contributed by atoms with Gasteiger partial charge in [0, 0.05) is 0 Å². The predicted molar refractivity (Wildman–Crippen MR) is 68.9 cm³/mol. The molecule has 3 heteroatoms. The highest BCUT2D eigenvalue weighted by molar-refractivity contribution is 7.18. The highest BCUT2D eigenvalue weighted by Gasteiger charge is 2.03. The Morgan fingerprint density at radius 3 is 2.88 bits per heavy atom. The van der Waals surface area contributed by atoms with E-state index in [-0.39, 0.29) is 6.10 Å². The Kier molecular flexibility index (Phi) is 3.91. The average Bonchev–Trinajstić information content (AvgIpc) is 2.66. The first kappa shape index (κ1) is 11.6. The van der Waals surface area contributed by atoms with Gasteiger partial charge in [-0.05, 0) is 38.3 Å². The molecule has 86 valence electrons. The zero-order valence-electron chi connectivity index (χ0n) is 9.52. The largest absolute Gasteiger partial charge is 0.393 e. The first-order valence-electron chi connectivity index (χ1n) is 5.78. The van der Waals surface area contributed by atoms with Crippen LogP contribution in [0.3, 0.4) is 0 Å². The maximum Gasteiger partial charge on any atom is 0.0938 e. The molecular weight excluding hydrogens is 218 g/mol. The van der Waals surface area contributed by atoms with E-state index < -0.39 is 0 Å². The number of para-hydroxylation sites is 1. The number of aliphatic hydroxyl groups is 1. The van der Waals surface area contributed by atoms with E-state index in [0.717, 1.165) is 31.2 Å². The fraction of sp³-hybridized carbons (Fsp3) is 0.462. The molecule has 0 spiro atoms. The molecule has 0 fully saturated rings. The van der Waals surface area contributed by atoms with Gasteiger partial charge < -0.3 is 5.11 Å². The SMILES string of the molecule is CC(O)CCCCc1nc2ccccc2s1. The van der Waals surface area contributed by atoms with E-state index >= 15 is 0 Å². The molecule has 0 bridgehead atoms. The average molecular weight is 235 g/mol. The van der Waals surface area contributed by atoms with Crippen LogP contribution in [0.5, 0.6) is 0 Å². The summed E-state index contributed by atoms with van der Waals surface area (Å²) in [6.07, 6.45) is 3.95. The summed E-state index contributed by atoms with van der Waals surface area (Å²) in [5.41, 5.74) is 1.11. The zero-order chi connectivity index (χ0) is 11.4. The highest BCUT2D eigenvalue weighted by Crippen LogP contribution is 2.22. The third-order valence-electron chi connectivity index (χ3n) is 2.60. The van der Waals surface area contributed by atoms with E-state index in [1.165, 1.54) is 9.71 Å². The molecule has 0 aliphatic carbocycles. The number of rotatable bonds is 5. The number of aromatic nitrogens is 1. The Hall–Kier alpha value is -0.930. The lowest BCUT2D eigenvalue weighted by Crippen LogP contribution is -1.98. The molecule has 2 rings (SSSR count). The molecule has 0 aliphatic rings. The fourth-order valence-electron chi connectivity index (χ4n) is 1.74. The third kappa shape index (κ3) is 3.03. The predicted octanol–water partition coefficient (Wildman–Crippen LogP) is 3.39. The number of hydrogen-bond acceptors (Lipinski definition) is 3. The molecule has 1 unspecified atom stereocenters.